The van der Waals surface area contributed by atoms with E-state index in [4.69, 9.17) is 5.11 Å². The Labute approximate surface area is 130 Å². The maximum absolute atomic E-state index is 13.4. The molecule has 0 atom stereocenters. The van der Waals surface area contributed by atoms with Crippen molar-refractivity contribution in [3.8, 4) is 0 Å². The van der Waals surface area contributed by atoms with Gasteiger partial charge in [-0.25, -0.2) is 0 Å². The molecule has 0 heterocycles. The Bertz CT molecular complexity index is 344. The van der Waals surface area contributed by atoms with E-state index < -0.39 is 49.4 Å². The van der Waals surface area contributed by atoms with Gasteiger partial charge in [-0.3, -0.25) is 0 Å². The van der Waals surface area contributed by atoms with Gasteiger partial charge >= 0.3 is 23.7 Å². The highest BCUT2D eigenvalue weighted by Gasteiger charge is 2.79. The number of halogens is 8. The van der Waals surface area contributed by atoms with Crippen molar-refractivity contribution < 1.29 is 40.2 Å². The van der Waals surface area contributed by atoms with Gasteiger partial charge in [0.05, 0.1) is 0 Å². The van der Waals surface area contributed by atoms with Crippen LogP contribution in [0.15, 0.2) is 0 Å². The lowest BCUT2D eigenvalue weighted by atomic mass is 9.93. The summed E-state index contributed by atoms with van der Waals surface area (Å²) in [6, 6.07) is 0. The first kappa shape index (κ1) is 22.4. The highest BCUT2D eigenvalue weighted by Crippen LogP contribution is 2.55. The van der Waals surface area contributed by atoms with E-state index in [0.717, 1.165) is 6.92 Å². The number of hydrogen-bond acceptors (Lipinski definition) is 1. The zero-order valence-electron chi connectivity index (χ0n) is 12.8. The highest BCUT2D eigenvalue weighted by molar-refractivity contribution is 5.03. The fourth-order valence-corrected chi connectivity index (χ4v) is 2.08. The molecule has 0 bridgehead atoms. The van der Waals surface area contributed by atoms with Crippen molar-refractivity contribution in [2.75, 3.05) is 6.61 Å². The third-order valence-electron chi connectivity index (χ3n) is 3.53. The molecule has 0 aromatic rings. The molecular weight excluding hydrogens is 336 g/mol. The molecular formula is C14H22F8O. The van der Waals surface area contributed by atoms with Gasteiger partial charge in [0, 0.05) is 19.4 Å². The van der Waals surface area contributed by atoms with Gasteiger partial charge in [0.15, 0.2) is 0 Å². The largest absolute Gasteiger partial charge is 0.396 e. The second-order valence-electron chi connectivity index (χ2n) is 5.55. The molecule has 9 heteroatoms. The topological polar surface area (TPSA) is 20.2 Å². The lowest BCUT2D eigenvalue weighted by Crippen LogP contribution is -2.62. The van der Waals surface area contributed by atoms with Crippen LogP contribution in [-0.4, -0.2) is 35.4 Å². The number of unbranched alkanes of at least 4 members (excludes halogenated alkanes) is 4. The van der Waals surface area contributed by atoms with E-state index >= 15 is 0 Å². The van der Waals surface area contributed by atoms with E-state index in [2.05, 4.69) is 0 Å². The average molecular weight is 358 g/mol. The molecule has 0 amide bonds. The molecule has 0 aliphatic carbocycles. The van der Waals surface area contributed by atoms with E-state index in [-0.39, 0.29) is 13.0 Å². The van der Waals surface area contributed by atoms with Gasteiger partial charge in [-0.05, 0) is 12.8 Å². The Morgan fingerprint density at radius 3 is 1.43 bits per heavy atom. The van der Waals surface area contributed by atoms with Gasteiger partial charge in [-0.1, -0.05) is 32.6 Å². The lowest BCUT2D eigenvalue weighted by Gasteiger charge is -2.36. The molecule has 0 rings (SSSR count). The van der Waals surface area contributed by atoms with E-state index in [1.807, 2.05) is 0 Å². The van der Waals surface area contributed by atoms with Gasteiger partial charge in [-0.15, -0.1) is 0 Å². The first-order valence-electron chi connectivity index (χ1n) is 7.49. The van der Waals surface area contributed by atoms with Crippen molar-refractivity contribution in [2.45, 2.75) is 82.0 Å². The van der Waals surface area contributed by atoms with Crippen molar-refractivity contribution in [2.24, 2.45) is 0 Å². The summed E-state index contributed by atoms with van der Waals surface area (Å²) in [7, 11) is 0. The Balaban J connectivity index is 4.86. The average Bonchev–Trinajstić information content (AvgIpc) is 2.42. The molecule has 0 radical (unpaired) electrons. The van der Waals surface area contributed by atoms with Crippen LogP contribution in [0.4, 0.5) is 35.1 Å². The summed E-state index contributed by atoms with van der Waals surface area (Å²) in [5, 5.41) is 8.49. The summed E-state index contributed by atoms with van der Waals surface area (Å²) >= 11 is 0. The van der Waals surface area contributed by atoms with Crippen LogP contribution < -0.4 is 0 Å². The molecule has 0 saturated carbocycles. The SMILES string of the molecule is CCCC(F)(F)C(F)(F)C(F)(F)C(F)(F)CCCCCCCO. The van der Waals surface area contributed by atoms with Gasteiger partial charge < -0.3 is 5.11 Å². The van der Waals surface area contributed by atoms with Crippen LogP contribution in [0.25, 0.3) is 0 Å². The number of aliphatic hydroxyl groups excluding tert-OH is 1. The zero-order valence-corrected chi connectivity index (χ0v) is 12.8. The summed E-state index contributed by atoms with van der Waals surface area (Å²) in [5.41, 5.74) is 0. The quantitative estimate of drug-likeness (QED) is 0.352. The van der Waals surface area contributed by atoms with Gasteiger partial charge in [-0.2, -0.15) is 35.1 Å². The number of hydrogen-bond donors (Lipinski definition) is 1. The zero-order chi connectivity index (χ0) is 18.4. The molecule has 0 aliphatic heterocycles. The number of aliphatic hydroxyl groups is 1. The monoisotopic (exact) mass is 358 g/mol. The second kappa shape index (κ2) is 8.48. The molecule has 0 aromatic carbocycles. The summed E-state index contributed by atoms with van der Waals surface area (Å²) in [6.07, 6.45) is -2.95. The summed E-state index contributed by atoms with van der Waals surface area (Å²) in [4.78, 5) is 0. The lowest BCUT2D eigenvalue weighted by molar-refractivity contribution is -0.368. The predicted octanol–water partition coefficient (Wildman–Crippen LogP) is 5.66. The van der Waals surface area contributed by atoms with Crippen LogP contribution in [0.2, 0.25) is 0 Å². The fraction of sp³-hybridized carbons (Fsp3) is 1.00. The summed E-state index contributed by atoms with van der Waals surface area (Å²) < 4.78 is 107. The van der Waals surface area contributed by atoms with Crippen molar-refractivity contribution in [1.29, 1.82) is 0 Å². The minimum atomic E-state index is -6.14. The Morgan fingerprint density at radius 1 is 0.609 bits per heavy atom. The first-order chi connectivity index (χ1) is 10.4. The van der Waals surface area contributed by atoms with E-state index in [0.29, 0.717) is 19.3 Å². The van der Waals surface area contributed by atoms with Gasteiger partial charge in [0.2, 0.25) is 0 Å². The number of alkyl halides is 8. The first-order valence-corrected chi connectivity index (χ1v) is 7.49. The van der Waals surface area contributed by atoms with Crippen molar-refractivity contribution in [1.82, 2.24) is 0 Å². The molecule has 0 spiro atoms. The van der Waals surface area contributed by atoms with E-state index in [1.54, 1.807) is 0 Å². The van der Waals surface area contributed by atoms with Crippen LogP contribution in [-0.2, 0) is 0 Å². The standard InChI is InChI=1S/C14H22F8O/c1-2-8-11(15,16)13(19,20)14(21,22)12(17,18)9-6-4-3-5-7-10-23/h23H,2-10H2,1H3. The molecule has 140 valence electrons. The third kappa shape index (κ3) is 5.19. The molecule has 1 N–H and O–H groups in total. The molecule has 0 unspecified atom stereocenters. The normalized spacial score (nSPS) is 14.3. The smallest absolute Gasteiger partial charge is 0.378 e. The van der Waals surface area contributed by atoms with Crippen molar-refractivity contribution in [3.05, 3.63) is 0 Å². The van der Waals surface area contributed by atoms with Crippen LogP contribution in [0.5, 0.6) is 0 Å². The van der Waals surface area contributed by atoms with Gasteiger partial charge in [0.25, 0.3) is 0 Å². The van der Waals surface area contributed by atoms with Crippen LogP contribution in [0.3, 0.4) is 0 Å². The molecule has 0 aromatic heterocycles. The molecule has 0 fully saturated rings. The Hall–Kier alpha value is -0.600. The maximum Gasteiger partial charge on any atom is 0.378 e. The summed E-state index contributed by atoms with van der Waals surface area (Å²) in [6.45, 7) is 0.958. The molecule has 23 heavy (non-hydrogen) atoms. The van der Waals surface area contributed by atoms with Crippen LogP contribution >= 0.6 is 0 Å². The second-order valence-corrected chi connectivity index (χ2v) is 5.55. The van der Waals surface area contributed by atoms with Gasteiger partial charge in [0.1, 0.15) is 0 Å². The predicted molar refractivity (Wildman–Crippen MR) is 69.5 cm³/mol. The molecule has 0 saturated heterocycles. The minimum absolute atomic E-state index is 0.0581. The Morgan fingerprint density at radius 2 is 1.00 bits per heavy atom. The van der Waals surface area contributed by atoms with E-state index in [9.17, 15) is 35.1 Å². The minimum Gasteiger partial charge on any atom is -0.396 e. The van der Waals surface area contributed by atoms with Crippen molar-refractivity contribution >= 4 is 0 Å². The fourth-order valence-electron chi connectivity index (χ4n) is 2.08. The maximum atomic E-state index is 13.4. The summed E-state index contributed by atoms with van der Waals surface area (Å²) in [5.74, 6) is -22.7. The number of rotatable bonds is 12. The van der Waals surface area contributed by atoms with Crippen LogP contribution in [0.1, 0.15) is 58.3 Å². The van der Waals surface area contributed by atoms with Crippen LogP contribution in [0, 0.1) is 0 Å². The van der Waals surface area contributed by atoms with E-state index in [1.165, 1.54) is 0 Å². The molecule has 0 aliphatic rings. The third-order valence-corrected chi connectivity index (χ3v) is 3.53. The molecule has 1 nitrogen and oxygen atoms in total. The van der Waals surface area contributed by atoms with Crippen molar-refractivity contribution in [3.63, 3.8) is 0 Å². The highest BCUT2D eigenvalue weighted by atomic mass is 19.4. The Kier molecular flexibility index (Phi) is 8.26.